The first-order valence-electron chi connectivity index (χ1n) is 4.94. The summed E-state index contributed by atoms with van der Waals surface area (Å²) in [5, 5.41) is 1.43. The molecule has 0 N–H and O–H groups in total. The molecule has 0 atom stereocenters. The van der Waals surface area contributed by atoms with Crippen LogP contribution in [0, 0.1) is 3.57 Å². The maximum Gasteiger partial charge on any atom is 0.224 e. The Morgan fingerprint density at radius 2 is 2.27 bits per heavy atom. The Hall–Kier alpha value is -0.360. The van der Waals surface area contributed by atoms with E-state index in [4.69, 9.17) is 11.6 Å². The van der Waals surface area contributed by atoms with Gasteiger partial charge in [0.05, 0.1) is 5.39 Å². The van der Waals surface area contributed by atoms with Crippen molar-refractivity contribution >= 4 is 45.2 Å². The zero-order valence-electron chi connectivity index (χ0n) is 7.95. The number of hydrogen-bond donors (Lipinski definition) is 0. The van der Waals surface area contributed by atoms with Crippen LogP contribution in [0.15, 0.2) is 12.4 Å². The Morgan fingerprint density at radius 3 is 2.93 bits per heavy atom. The van der Waals surface area contributed by atoms with Crippen LogP contribution in [0.1, 0.15) is 25.3 Å². The molecular weight excluding hydrogens is 324 g/mol. The third-order valence-electron chi connectivity index (χ3n) is 2.96. The van der Waals surface area contributed by atoms with Crippen LogP contribution in [0.4, 0.5) is 0 Å². The molecule has 78 valence electrons. The molecular formula is C10H9ClIN3. The van der Waals surface area contributed by atoms with Crippen LogP contribution in [-0.2, 0) is 0 Å². The van der Waals surface area contributed by atoms with E-state index >= 15 is 0 Å². The Kier molecular flexibility index (Phi) is 2.35. The smallest absolute Gasteiger partial charge is 0.224 e. The molecule has 2 aromatic rings. The van der Waals surface area contributed by atoms with Crippen LogP contribution < -0.4 is 0 Å². The van der Waals surface area contributed by atoms with E-state index < -0.39 is 0 Å². The second kappa shape index (κ2) is 3.59. The molecule has 0 spiro atoms. The second-order valence-corrected chi connectivity index (χ2v) is 5.35. The predicted octanol–water partition coefficient (Wildman–Crippen LogP) is 3.41. The highest BCUT2D eigenvalue weighted by Gasteiger charge is 2.22. The summed E-state index contributed by atoms with van der Waals surface area (Å²) >= 11 is 8.15. The molecule has 5 heteroatoms. The lowest BCUT2D eigenvalue weighted by molar-refractivity contribution is 0.320. The molecule has 0 unspecified atom stereocenters. The minimum Gasteiger partial charge on any atom is -0.328 e. The van der Waals surface area contributed by atoms with Crippen molar-refractivity contribution in [2.75, 3.05) is 0 Å². The van der Waals surface area contributed by atoms with E-state index in [1.54, 1.807) is 0 Å². The number of nitrogens with zero attached hydrogens (tertiary/aromatic N) is 3. The first-order valence-corrected chi connectivity index (χ1v) is 6.40. The van der Waals surface area contributed by atoms with E-state index in [0.717, 1.165) is 11.0 Å². The second-order valence-electron chi connectivity index (χ2n) is 3.85. The molecule has 3 rings (SSSR count). The third kappa shape index (κ3) is 1.54. The fourth-order valence-corrected chi connectivity index (χ4v) is 2.72. The van der Waals surface area contributed by atoms with Gasteiger partial charge in [0.15, 0.2) is 0 Å². The van der Waals surface area contributed by atoms with Gasteiger partial charge in [-0.25, -0.2) is 4.98 Å². The lowest BCUT2D eigenvalue weighted by Gasteiger charge is -2.27. The Morgan fingerprint density at radius 1 is 1.47 bits per heavy atom. The standard InChI is InChI=1S/C10H9ClIN3/c11-10-13-4-7-8(12)5-15(9(7)14-10)6-2-1-3-6/h4-6H,1-3H2. The zero-order valence-corrected chi connectivity index (χ0v) is 10.9. The summed E-state index contributed by atoms with van der Waals surface area (Å²) in [5.41, 5.74) is 0.976. The molecule has 0 saturated heterocycles. The molecule has 1 fully saturated rings. The molecule has 1 aliphatic carbocycles. The molecule has 0 amide bonds. The lowest BCUT2D eigenvalue weighted by Crippen LogP contribution is -2.16. The lowest BCUT2D eigenvalue weighted by atomic mass is 9.93. The summed E-state index contributed by atoms with van der Waals surface area (Å²) in [6.07, 6.45) is 7.78. The summed E-state index contributed by atoms with van der Waals surface area (Å²) < 4.78 is 3.44. The number of rotatable bonds is 1. The molecule has 0 radical (unpaired) electrons. The van der Waals surface area contributed by atoms with Gasteiger partial charge in [0.2, 0.25) is 5.28 Å². The van der Waals surface area contributed by atoms with Crippen LogP contribution in [0.25, 0.3) is 11.0 Å². The quantitative estimate of drug-likeness (QED) is 0.591. The van der Waals surface area contributed by atoms with Crippen molar-refractivity contribution in [2.24, 2.45) is 0 Å². The zero-order chi connectivity index (χ0) is 10.4. The normalized spacial score (nSPS) is 16.9. The number of hydrogen-bond acceptors (Lipinski definition) is 2. The van der Waals surface area contributed by atoms with Crippen LogP contribution in [0.2, 0.25) is 5.28 Å². The maximum atomic E-state index is 5.83. The van der Waals surface area contributed by atoms with Crippen molar-refractivity contribution in [3.05, 3.63) is 21.2 Å². The summed E-state index contributed by atoms with van der Waals surface area (Å²) in [7, 11) is 0. The van der Waals surface area contributed by atoms with E-state index in [-0.39, 0.29) is 0 Å². The highest BCUT2D eigenvalue weighted by molar-refractivity contribution is 14.1. The van der Waals surface area contributed by atoms with Crippen molar-refractivity contribution in [1.82, 2.24) is 14.5 Å². The molecule has 2 heterocycles. The molecule has 0 aliphatic heterocycles. The summed E-state index contributed by atoms with van der Waals surface area (Å²) in [4.78, 5) is 8.33. The predicted molar refractivity (Wildman–Crippen MR) is 68.1 cm³/mol. The van der Waals surface area contributed by atoms with Gasteiger partial charge in [-0.1, -0.05) is 0 Å². The van der Waals surface area contributed by atoms with E-state index in [9.17, 15) is 0 Å². The van der Waals surface area contributed by atoms with Crippen molar-refractivity contribution in [3.8, 4) is 0 Å². The van der Waals surface area contributed by atoms with Crippen molar-refractivity contribution < 1.29 is 0 Å². The van der Waals surface area contributed by atoms with E-state index in [1.807, 2.05) is 6.20 Å². The molecule has 3 nitrogen and oxygen atoms in total. The Balaban J connectivity index is 2.24. The van der Waals surface area contributed by atoms with Gasteiger partial charge in [0.1, 0.15) is 5.65 Å². The van der Waals surface area contributed by atoms with Crippen LogP contribution >= 0.6 is 34.2 Å². The van der Waals surface area contributed by atoms with Crippen LogP contribution in [-0.4, -0.2) is 14.5 Å². The van der Waals surface area contributed by atoms with Crippen LogP contribution in [0.5, 0.6) is 0 Å². The first kappa shape index (κ1) is 9.84. The molecule has 1 aliphatic rings. The SMILES string of the molecule is Clc1ncc2c(I)cn(C3CCC3)c2n1. The summed E-state index contributed by atoms with van der Waals surface area (Å²) in [6.45, 7) is 0. The minimum atomic E-state index is 0.331. The van der Waals surface area contributed by atoms with Gasteiger partial charge < -0.3 is 4.57 Å². The number of aromatic nitrogens is 3. The van der Waals surface area contributed by atoms with Gasteiger partial charge in [-0.2, -0.15) is 4.98 Å². The monoisotopic (exact) mass is 333 g/mol. The molecule has 0 bridgehead atoms. The van der Waals surface area contributed by atoms with E-state index in [2.05, 4.69) is 43.3 Å². The first-order chi connectivity index (χ1) is 7.25. The Labute approximate surface area is 106 Å². The van der Waals surface area contributed by atoms with Crippen molar-refractivity contribution in [2.45, 2.75) is 25.3 Å². The average Bonchev–Trinajstić information content (AvgIpc) is 2.41. The molecule has 1 saturated carbocycles. The van der Waals surface area contributed by atoms with Crippen molar-refractivity contribution in [3.63, 3.8) is 0 Å². The number of fused-ring (bicyclic) bond motifs is 1. The Bertz CT molecular complexity index is 519. The molecule has 0 aromatic carbocycles. The highest BCUT2D eigenvalue weighted by Crippen LogP contribution is 2.35. The van der Waals surface area contributed by atoms with Gasteiger partial charge >= 0.3 is 0 Å². The van der Waals surface area contributed by atoms with Crippen molar-refractivity contribution in [1.29, 1.82) is 0 Å². The van der Waals surface area contributed by atoms with Gasteiger partial charge in [0, 0.05) is 22.0 Å². The fraction of sp³-hybridized carbons (Fsp3) is 0.400. The minimum absolute atomic E-state index is 0.331. The van der Waals surface area contributed by atoms with Gasteiger partial charge in [0.25, 0.3) is 0 Å². The van der Waals surface area contributed by atoms with Gasteiger partial charge in [-0.05, 0) is 53.5 Å². The largest absolute Gasteiger partial charge is 0.328 e. The molecule has 15 heavy (non-hydrogen) atoms. The highest BCUT2D eigenvalue weighted by atomic mass is 127. The summed E-state index contributed by atoms with van der Waals surface area (Å²) in [6, 6.07) is 0.613. The molecule has 2 aromatic heterocycles. The topological polar surface area (TPSA) is 30.7 Å². The average molecular weight is 334 g/mol. The van der Waals surface area contributed by atoms with E-state index in [1.165, 1.54) is 22.8 Å². The summed E-state index contributed by atoms with van der Waals surface area (Å²) in [5.74, 6) is 0. The van der Waals surface area contributed by atoms with Gasteiger partial charge in [-0.15, -0.1) is 0 Å². The third-order valence-corrected chi connectivity index (χ3v) is 4.00. The fourth-order valence-electron chi connectivity index (χ4n) is 1.91. The van der Waals surface area contributed by atoms with E-state index in [0.29, 0.717) is 11.3 Å². The van der Waals surface area contributed by atoms with Crippen LogP contribution in [0.3, 0.4) is 0 Å². The maximum absolute atomic E-state index is 5.83. The van der Waals surface area contributed by atoms with Gasteiger partial charge in [-0.3, -0.25) is 0 Å². The number of halogens is 2.